The van der Waals surface area contributed by atoms with Gasteiger partial charge in [-0.1, -0.05) is 113 Å². The molecule has 4 heterocycles. The summed E-state index contributed by atoms with van der Waals surface area (Å²) in [5, 5.41) is 10.7. The molecule has 0 atom stereocenters. The van der Waals surface area contributed by atoms with Gasteiger partial charge in [-0.05, 0) is 97.9 Å². The van der Waals surface area contributed by atoms with Crippen molar-refractivity contribution in [3.8, 4) is 39.8 Å². The number of hydrogen-bond acceptors (Lipinski definition) is 5. The molecule has 6 heteroatoms. The van der Waals surface area contributed by atoms with Crippen LogP contribution in [-0.2, 0) is 55.5 Å². The van der Waals surface area contributed by atoms with Crippen molar-refractivity contribution < 1.29 is 35.5 Å². The van der Waals surface area contributed by atoms with Crippen LogP contribution in [0.3, 0.4) is 0 Å². The fourth-order valence-electron chi connectivity index (χ4n) is 7.86. The summed E-state index contributed by atoms with van der Waals surface area (Å²) in [7, 11) is 0. The van der Waals surface area contributed by atoms with E-state index in [-0.39, 0.29) is 60.0 Å². The normalized spacial score (nSPS) is 14.5. The zero-order valence-electron chi connectivity index (χ0n) is 44.3. The number of nitriles is 1. The van der Waals surface area contributed by atoms with Crippen LogP contribution in [0.2, 0.25) is 0 Å². The maximum absolute atomic E-state index is 9.96. The van der Waals surface area contributed by atoms with Crippen LogP contribution in [0.15, 0.2) is 156 Å². The maximum atomic E-state index is 9.96. The molecule has 0 amide bonds. The van der Waals surface area contributed by atoms with E-state index in [1.807, 2.05) is 78.9 Å². The van der Waals surface area contributed by atoms with E-state index >= 15 is 0 Å². The zero-order valence-corrected chi connectivity index (χ0v) is 38.7. The maximum Gasteiger partial charge on any atom is 3.00 e. The standard InChI is InChI=1S/C58H49N4O.Ir/c1-56(2,45-22-26-51(61-37-45)43-14-9-7-10-15-43)33-41-28-42(34-57(3,4)46-23-27-52(62-38-46)44-16-11-8-12-17-44)30-47(29-41)58(5,6)32-40-21-25-53(60-36-40)50-19-13-18-49-48-24-20-39(35-59)31-54(48)63-55(49)50;/h7-14,16,18,20-31,36-38H,32-34H2,1-6H3;/q-3;+3/i20D,31D,32D2,33D2,34D2;. The first-order valence-corrected chi connectivity index (χ1v) is 20.8. The van der Waals surface area contributed by atoms with Crippen molar-refractivity contribution in [1.29, 1.82) is 5.26 Å². The Morgan fingerprint density at radius 3 is 1.67 bits per heavy atom. The molecular formula is C58H49IrN4O. The predicted molar refractivity (Wildman–Crippen MR) is 254 cm³/mol. The van der Waals surface area contributed by atoms with Gasteiger partial charge in [0.15, 0.2) is 0 Å². The molecule has 0 saturated carbocycles. The SMILES string of the molecule is [2H]c1cc2c(oc3c(-c4ccc(C([2H])([2H])C(C)(C)c5cc(C([2H])([2H])C(C)(C)c6ccc(-c7[c-]cccc7)nc6)cc(C([2H])([2H])C(C)(C)c6ccc(-c7[c-]cccc7)nc6)c5)cn4)[c-]ccc32)c([2H])c1C#N.[Ir+3]. The number of rotatable bonds is 12. The van der Waals surface area contributed by atoms with Crippen LogP contribution in [0, 0.1) is 29.5 Å². The fourth-order valence-corrected chi connectivity index (χ4v) is 7.86. The van der Waals surface area contributed by atoms with Gasteiger partial charge in [0.05, 0.1) is 20.0 Å². The molecule has 0 N–H and O–H groups in total. The first-order chi connectivity index (χ1) is 33.5. The quantitative estimate of drug-likeness (QED) is 0.114. The smallest absolute Gasteiger partial charge is 0.501 e. The molecule has 64 heavy (non-hydrogen) atoms. The zero-order chi connectivity index (χ0) is 50.9. The topological polar surface area (TPSA) is 75.6 Å². The van der Waals surface area contributed by atoms with Gasteiger partial charge in [-0.15, -0.1) is 90.0 Å². The van der Waals surface area contributed by atoms with Crippen molar-refractivity contribution in [3.63, 3.8) is 0 Å². The molecule has 4 aromatic heterocycles. The van der Waals surface area contributed by atoms with E-state index in [0.29, 0.717) is 55.7 Å². The van der Waals surface area contributed by atoms with Gasteiger partial charge in [-0.25, -0.2) is 0 Å². The summed E-state index contributed by atoms with van der Waals surface area (Å²) in [5.41, 5.74) is 2.56. The first-order valence-electron chi connectivity index (χ1n) is 24.8. The molecular weight excluding hydrogens is 961 g/mol. The monoisotopic (exact) mass is 1020 g/mol. The number of furan rings is 1. The molecule has 316 valence electrons. The Kier molecular flexibility index (Phi) is 9.78. The largest absolute Gasteiger partial charge is 3.00 e. The van der Waals surface area contributed by atoms with E-state index in [1.54, 1.807) is 96.4 Å². The Hall–Kier alpha value is -6.51. The second-order valence-electron chi connectivity index (χ2n) is 17.2. The number of pyridine rings is 3. The van der Waals surface area contributed by atoms with Gasteiger partial charge in [0, 0.05) is 32.2 Å². The van der Waals surface area contributed by atoms with Gasteiger partial charge in [-0.2, -0.15) is 5.26 Å². The van der Waals surface area contributed by atoms with E-state index < -0.39 is 35.4 Å². The molecule has 0 fully saturated rings. The average molecular weight is 1020 g/mol. The molecule has 0 unspecified atom stereocenters. The Bertz CT molecular complexity index is 3370. The Morgan fingerprint density at radius 1 is 0.594 bits per heavy atom. The summed E-state index contributed by atoms with van der Waals surface area (Å²) in [6, 6.07) is 46.8. The molecule has 5 aromatic carbocycles. The van der Waals surface area contributed by atoms with Gasteiger partial charge >= 0.3 is 20.1 Å². The van der Waals surface area contributed by atoms with Crippen LogP contribution in [0.4, 0.5) is 0 Å². The third-order valence-electron chi connectivity index (χ3n) is 11.4. The minimum absolute atomic E-state index is 0. The van der Waals surface area contributed by atoms with E-state index in [0.717, 1.165) is 11.1 Å². The molecule has 5 nitrogen and oxygen atoms in total. The second-order valence-corrected chi connectivity index (χ2v) is 17.2. The van der Waals surface area contributed by atoms with E-state index in [1.165, 1.54) is 12.3 Å². The van der Waals surface area contributed by atoms with Crippen molar-refractivity contribution in [2.45, 2.75) is 76.9 Å². The van der Waals surface area contributed by atoms with Crippen molar-refractivity contribution in [2.24, 2.45) is 0 Å². The van der Waals surface area contributed by atoms with E-state index in [2.05, 4.69) is 18.2 Å². The van der Waals surface area contributed by atoms with Gasteiger partial charge in [0.2, 0.25) is 0 Å². The van der Waals surface area contributed by atoms with Crippen molar-refractivity contribution in [3.05, 3.63) is 209 Å². The summed E-state index contributed by atoms with van der Waals surface area (Å²) < 4.78 is 82.6. The molecule has 0 aliphatic rings. The van der Waals surface area contributed by atoms with Gasteiger partial charge in [-0.3, -0.25) is 0 Å². The molecule has 0 radical (unpaired) electrons. The van der Waals surface area contributed by atoms with Gasteiger partial charge in [0.1, 0.15) is 5.58 Å². The second kappa shape index (κ2) is 17.9. The molecule has 0 spiro atoms. The molecule has 9 aromatic rings. The van der Waals surface area contributed by atoms with E-state index in [4.69, 9.17) is 22.1 Å². The van der Waals surface area contributed by atoms with Crippen molar-refractivity contribution in [2.75, 3.05) is 0 Å². The first kappa shape index (κ1) is 34.9. The molecule has 9 rings (SSSR count). The van der Waals surface area contributed by atoms with Crippen LogP contribution < -0.4 is 0 Å². The third-order valence-corrected chi connectivity index (χ3v) is 11.4. The van der Waals surface area contributed by atoms with Gasteiger partial charge < -0.3 is 19.4 Å². The average Bonchev–Trinajstić information content (AvgIpc) is 3.75. The minimum atomic E-state index is -2.17. The van der Waals surface area contributed by atoms with E-state index in [9.17, 15) is 13.5 Å². The number of hydrogen-bond donors (Lipinski definition) is 0. The van der Waals surface area contributed by atoms with Crippen LogP contribution in [0.5, 0.6) is 0 Å². The molecule has 0 aliphatic heterocycles. The third kappa shape index (κ3) is 9.25. The molecule has 0 saturated heterocycles. The van der Waals surface area contributed by atoms with Crippen LogP contribution in [-0.4, -0.2) is 15.0 Å². The summed E-state index contributed by atoms with van der Waals surface area (Å²) in [5.74, 6) is 0. The Balaban J connectivity index is 0.00000693. The molecule has 0 bridgehead atoms. The Morgan fingerprint density at radius 2 is 1.16 bits per heavy atom. The summed E-state index contributed by atoms with van der Waals surface area (Å²) in [4.78, 5) is 14.1. The number of benzene rings is 5. The Labute approximate surface area is 401 Å². The molecule has 0 aliphatic carbocycles. The van der Waals surface area contributed by atoms with Crippen LogP contribution >= 0.6 is 0 Å². The number of fused-ring (bicyclic) bond motifs is 3. The number of aromatic nitrogens is 3. The fraction of sp³-hybridized carbons (Fsp3) is 0.207. The number of nitrogens with zero attached hydrogens (tertiary/aromatic N) is 4. The van der Waals surface area contributed by atoms with Crippen molar-refractivity contribution in [1.82, 2.24) is 15.0 Å². The van der Waals surface area contributed by atoms with Crippen LogP contribution in [0.25, 0.3) is 55.7 Å². The predicted octanol–water partition coefficient (Wildman–Crippen LogP) is 13.6. The minimum Gasteiger partial charge on any atom is -0.501 e. The van der Waals surface area contributed by atoms with Crippen molar-refractivity contribution >= 4 is 21.9 Å². The van der Waals surface area contributed by atoms with Gasteiger partial charge in [0.25, 0.3) is 0 Å². The summed E-state index contributed by atoms with van der Waals surface area (Å²) in [6.07, 6.45) is -1.71. The summed E-state index contributed by atoms with van der Waals surface area (Å²) in [6.45, 7) is 10.6. The summed E-state index contributed by atoms with van der Waals surface area (Å²) >= 11 is 0. The van der Waals surface area contributed by atoms with Crippen LogP contribution in [0.1, 0.15) is 91.5 Å².